The molecule has 3 rings (SSSR count). The number of fused-ring (bicyclic) bond motifs is 1. The zero-order chi connectivity index (χ0) is 17.1. The molecule has 3 unspecified atom stereocenters. The highest BCUT2D eigenvalue weighted by molar-refractivity contribution is 6.05. The number of amides is 2. The van der Waals surface area contributed by atoms with E-state index in [-0.39, 0.29) is 36.8 Å². The van der Waals surface area contributed by atoms with E-state index in [0.29, 0.717) is 5.75 Å². The molecule has 1 aromatic carbocycles. The fraction of sp³-hybridized carbons (Fsp3) is 0.556. The number of carbonyl (C=O) groups is 2. The van der Waals surface area contributed by atoms with Gasteiger partial charge in [0.05, 0.1) is 25.5 Å². The molecule has 1 saturated heterocycles. The number of β-amino-alcohol motifs (C(OH)–C–C–N with tert-alkyl or cyclic N) is 1. The Morgan fingerprint density at radius 1 is 1.08 bits per heavy atom. The standard InChI is InChI=1S/C18H23NO5/c1-23-13-6-8-14(9-7-13)24-11-12(20)10-19-17(21)15-4-2-3-5-16(15)18(19)22/h6-9,12,15-16,20H,2-5,10-11H2,1H3. The van der Waals surface area contributed by atoms with Gasteiger partial charge < -0.3 is 14.6 Å². The topological polar surface area (TPSA) is 76.1 Å². The van der Waals surface area contributed by atoms with E-state index >= 15 is 0 Å². The fourth-order valence-corrected chi connectivity index (χ4v) is 3.54. The van der Waals surface area contributed by atoms with E-state index in [2.05, 4.69) is 0 Å². The van der Waals surface area contributed by atoms with Crippen molar-refractivity contribution in [2.24, 2.45) is 11.8 Å². The highest BCUT2D eigenvalue weighted by Gasteiger charge is 2.48. The largest absolute Gasteiger partial charge is 0.497 e. The molecule has 1 heterocycles. The SMILES string of the molecule is COc1ccc(OCC(O)CN2C(=O)C3CCCCC3C2=O)cc1. The van der Waals surface area contributed by atoms with Crippen LogP contribution in [0.3, 0.4) is 0 Å². The minimum atomic E-state index is -0.903. The number of aliphatic hydroxyl groups excluding tert-OH is 1. The van der Waals surface area contributed by atoms with Crippen LogP contribution in [0.2, 0.25) is 0 Å². The molecule has 0 radical (unpaired) electrons. The molecule has 1 aliphatic carbocycles. The van der Waals surface area contributed by atoms with Gasteiger partial charge in [0.25, 0.3) is 0 Å². The van der Waals surface area contributed by atoms with E-state index in [4.69, 9.17) is 9.47 Å². The normalized spacial score (nSPS) is 24.7. The van der Waals surface area contributed by atoms with Gasteiger partial charge in [0.15, 0.2) is 0 Å². The molecule has 3 atom stereocenters. The van der Waals surface area contributed by atoms with E-state index in [0.717, 1.165) is 31.4 Å². The Hall–Kier alpha value is -2.08. The molecule has 1 aliphatic heterocycles. The second kappa shape index (κ2) is 7.21. The van der Waals surface area contributed by atoms with Crippen LogP contribution in [0, 0.1) is 11.8 Å². The maximum absolute atomic E-state index is 12.4. The third-order valence-corrected chi connectivity index (χ3v) is 4.83. The predicted molar refractivity (Wildman–Crippen MR) is 86.7 cm³/mol. The van der Waals surface area contributed by atoms with Gasteiger partial charge in [-0.3, -0.25) is 14.5 Å². The van der Waals surface area contributed by atoms with Crippen LogP contribution in [0.25, 0.3) is 0 Å². The number of rotatable bonds is 6. The summed E-state index contributed by atoms with van der Waals surface area (Å²) in [6.45, 7) is 0.0273. The molecule has 0 bridgehead atoms. The van der Waals surface area contributed by atoms with Gasteiger partial charge in [-0.1, -0.05) is 12.8 Å². The van der Waals surface area contributed by atoms with Crippen LogP contribution in [0.15, 0.2) is 24.3 Å². The molecule has 2 amide bonds. The minimum absolute atomic E-state index is 0.000815. The lowest BCUT2D eigenvalue weighted by molar-refractivity contribution is -0.141. The number of methoxy groups -OCH3 is 1. The molecule has 6 heteroatoms. The highest BCUT2D eigenvalue weighted by atomic mass is 16.5. The number of hydrogen-bond acceptors (Lipinski definition) is 5. The molecule has 0 aromatic heterocycles. The van der Waals surface area contributed by atoms with Crippen molar-refractivity contribution >= 4 is 11.8 Å². The molecular weight excluding hydrogens is 310 g/mol. The molecule has 2 aliphatic rings. The molecule has 2 fully saturated rings. The van der Waals surface area contributed by atoms with Crippen molar-refractivity contribution in [1.29, 1.82) is 0 Å². The number of ether oxygens (including phenoxy) is 2. The number of benzene rings is 1. The van der Waals surface area contributed by atoms with Gasteiger partial charge >= 0.3 is 0 Å². The van der Waals surface area contributed by atoms with Gasteiger partial charge in [-0.2, -0.15) is 0 Å². The fourth-order valence-electron chi connectivity index (χ4n) is 3.54. The molecule has 6 nitrogen and oxygen atoms in total. The van der Waals surface area contributed by atoms with Crippen LogP contribution in [0.1, 0.15) is 25.7 Å². The Kier molecular flexibility index (Phi) is 5.04. The average Bonchev–Trinajstić information content (AvgIpc) is 2.86. The van der Waals surface area contributed by atoms with E-state index < -0.39 is 6.10 Å². The first-order valence-electron chi connectivity index (χ1n) is 8.40. The third kappa shape index (κ3) is 3.38. The summed E-state index contributed by atoms with van der Waals surface area (Å²) in [6, 6.07) is 7.01. The Bertz CT molecular complexity index is 576. The summed E-state index contributed by atoms with van der Waals surface area (Å²) in [5, 5.41) is 10.1. The number of likely N-dealkylation sites (tertiary alicyclic amines) is 1. The molecule has 130 valence electrons. The summed E-state index contributed by atoms with van der Waals surface area (Å²) in [5.74, 6) is 0.699. The molecular formula is C18H23NO5. The summed E-state index contributed by atoms with van der Waals surface area (Å²) in [7, 11) is 1.58. The average molecular weight is 333 g/mol. The van der Waals surface area contributed by atoms with Crippen molar-refractivity contribution in [2.45, 2.75) is 31.8 Å². The van der Waals surface area contributed by atoms with Gasteiger partial charge in [-0.15, -0.1) is 0 Å². The van der Waals surface area contributed by atoms with Gasteiger partial charge in [0, 0.05) is 0 Å². The Morgan fingerprint density at radius 2 is 1.62 bits per heavy atom. The number of nitrogens with zero attached hydrogens (tertiary/aromatic N) is 1. The summed E-state index contributed by atoms with van der Waals surface area (Å²) < 4.78 is 10.6. The zero-order valence-corrected chi connectivity index (χ0v) is 13.8. The summed E-state index contributed by atoms with van der Waals surface area (Å²) in [4.78, 5) is 26.0. The number of aliphatic hydroxyl groups is 1. The van der Waals surface area contributed by atoms with Crippen LogP contribution in [-0.2, 0) is 9.59 Å². The Balaban J connectivity index is 1.53. The first kappa shape index (κ1) is 16.8. The molecule has 1 N–H and O–H groups in total. The lowest BCUT2D eigenvalue weighted by Crippen LogP contribution is -2.40. The minimum Gasteiger partial charge on any atom is -0.497 e. The van der Waals surface area contributed by atoms with Gasteiger partial charge in [-0.25, -0.2) is 0 Å². The van der Waals surface area contributed by atoms with Gasteiger partial charge in [-0.05, 0) is 37.1 Å². The maximum atomic E-state index is 12.4. The van der Waals surface area contributed by atoms with Crippen molar-refractivity contribution in [2.75, 3.05) is 20.3 Å². The van der Waals surface area contributed by atoms with E-state index in [1.807, 2.05) is 0 Å². The number of carbonyl (C=O) groups excluding carboxylic acids is 2. The number of imide groups is 1. The smallest absolute Gasteiger partial charge is 0.233 e. The van der Waals surface area contributed by atoms with Crippen molar-refractivity contribution < 1.29 is 24.2 Å². The second-order valence-electron chi connectivity index (χ2n) is 6.42. The Labute approximate surface area is 141 Å². The zero-order valence-electron chi connectivity index (χ0n) is 13.8. The van der Waals surface area contributed by atoms with E-state index in [1.54, 1.807) is 31.4 Å². The third-order valence-electron chi connectivity index (χ3n) is 4.83. The van der Waals surface area contributed by atoms with Crippen LogP contribution < -0.4 is 9.47 Å². The lowest BCUT2D eigenvalue weighted by atomic mass is 9.81. The second-order valence-corrected chi connectivity index (χ2v) is 6.42. The molecule has 1 aromatic rings. The van der Waals surface area contributed by atoms with Crippen molar-refractivity contribution in [3.8, 4) is 11.5 Å². The van der Waals surface area contributed by atoms with Crippen molar-refractivity contribution in [3.05, 3.63) is 24.3 Å². The van der Waals surface area contributed by atoms with Crippen molar-refractivity contribution in [3.63, 3.8) is 0 Å². The predicted octanol–water partition coefficient (Wildman–Crippen LogP) is 1.61. The summed E-state index contributed by atoms with van der Waals surface area (Å²) in [5.41, 5.74) is 0. The van der Waals surface area contributed by atoms with Crippen LogP contribution >= 0.6 is 0 Å². The van der Waals surface area contributed by atoms with Gasteiger partial charge in [0.1, 0.15) is 24.2 Å². The molecule has 1 saturated carbocycles. The van der Waals surface area contributed by atoms with Gasteiger partial charge in [0.2, 0.25) is 11.8 Å². The van der Waals surface area contributed by atoms with Crippen molar-refractivity contribution in [1.82, 2.24) is 4.90 Å². The van der Waals surface area contributed by atoms with Crippen LogP contribution in [-0.4, -0.2) is 48.2 Å². The first-order chi connectivity index (χ1) is 11.6. The van der Waals surface area contributed by atoms with Crippen LogP contribution in [0.4, 0.5) is 0 Å². The molecule has 0 spiro atoms. The summed E-state index contributed by atoms with van der Waals surface area (Å²) in [6.07, 6.45) is 2.66. The Morgan fingerprint density at radius 3 is 2.17 bits per heavy atom. The lowest BCUT2D eigenvalue weighted by Gasteiger charge is -2.19. The monoisotopic (exact) mass is 333 g/mol. The highest BCUT2D eigenvalue weighted by Crippen LogP contribution is 2.37. The number of hydrogen-bond donors (Lipinski definition) is 1. The molecule has 24 heavy (non-hydrogen) atoms. The maximum Gasteiger partial charge on any atom is 0.233 e. The first-order valence-corrected chi connectivity index (χ1v) is 8.40. The van der Waals surface area contributed by atoms with E-state index in [9.17, 15) is 14.7 Å². The summed E-state index contributed by atoms with van der Waals surface area (Å²) >= 11 is 0. The van der Waals surface area contributed by atoms with E-state index in [1.165, 1.54) is 4.90 Å². The quantitative estimate of drug-likeness (QED) is 0.801. The van der Waals surface area contributed by atoms with Crippen LogP contribution in [0.5, 0.6) is 11.5 Å².